The van der Waals surface area contributed by atoms with Crippen LogP contribution in [0, 0.1) is 0 Å². The number of alkyl halides is 3. The molecule has 1 rings (SSSR count). The molecule has 0 aliphatic rings. The van der Waals surface area contributed by atoms with E-state index >= 15 is 0 Å². The molecule has 0 N–H and O–H groups in total. The monoisotopic (exact) mass is 292 g/mol. The molecule has 0 spiro atoms. The van der Waals surface area contributed by atoms with Crippen LogP contribution in [0.1, 0.15) is 18.9 Å². The summed E-state index contributed by atoms with van der Waals surface area (Å²) >= 11 is 0. The highest BCUT2D eigenvalue weighted by molar-refractivity contribution is 7.93. The first-order valence-corrected chi connectivity index (χ1v) is 7.08. The minimum Gasteiger partial charge on any atom is -0.219 e. The van der Waals surface area contributed by atoms with E-state index in [0.717, 1.165) is 6.92 Å². The van der Waals surface area contributed by atoms with Crippen LogP contribution < -0.4 is 0 Å². The topological polar surface area (TPSA) is 34.1 Å². The SMILES string of the molecule is C=CCC(C)(Cc1ccccc1)S(=O)(=O)C(F)(F)F. The van der Waals surface area contributed by atoms with Crippen molar-refractivity contribution in [2.24, 2.45) is 0 Å². The first kappa shape index (κ1) is 15.8. The van der Waals surface area contributed by atoms with Crippen molar-refractivity contribution in [2.75, 3.05) is 0 Å². The van der Waals surface area contributed by atoms with E-state index in [1.54, 1.807) is 30.3 Å². The number of sulfone groups is 1. The molecule has 0 saturated heterocycles. The highest BCUT2D eigenvalue weighted by atomic mass is 32.2. The van der Waals surface area contributed by atoms with Gasteiger partial charge in [0, 0.05) is 0 Å². The van der Waals surface area contributed by atoms with Gasteiger partial charge in [-0.25, -0.2) is 8.42 Å². The summed E-state index contributed by atoms with van der Waals surface area (Å²) in [5.41, 5.74) is -4.72. The fourth-order valence-corrected chi connectivity index (χ4v) is 3.14. The Morgan fingerprint density at radius 2 is 1.74 bits per heavy atom. The summed E-state index contributed by atoms with van der Waals surface area (Å²) in [7, 11) is -5.27. The van der Waals surface area contributed by atoms with E-state index in [1.807, 2.05) is 0 Å². The second kappa shape index (κ2) is 5.36. The average Bonchev–Trinajstić information content (AvgIpc) is 2.28. The zero-order valence-corrected chi connectivity index (χ0v) is 11.3. The molecule has 1 unspecified atom stereocenters. The van der Waals surface area contributed by atoms with Gasteiger partial charge in [-0.2, -0.15) is 13.2 Å². The molecule has 1 atom stereocenters. The van der Waals surface area contributed by atoms with Gasteiger partial charge in [0.1, 0.15) is 0 Å². The van der Waals surface area contributed by atoms with Crippen LogP contribution in [0.25, 0.3) is 0 Å². The molecule has 0 radical (unpaired) electrons. The Hall–Kier alpha value is -1.30. The second-order valence-electron chi connectivity index (χ2n) is 4.55. The summed E-state index contributed by atoms with van der Waals surface area (Å²) < 4.78 is 59.7. The average molecular weight is 292 g/mol. The third-order valence-electron chi connectivity index (χ3n) is 2.95. The lowest BCUT2D eigenvalue weighted by Crippen LogP contribution is -2.45. The molecule has 0 aliphatic carbocycles. The van der Waals surface area contributed by atoms with Crippen LogP contribution in [-0.4, -0.2) is 18.7 Å². The normalized spacial score (nSPS) is 15.8. The van der Waals surface area contributed by atoms with Gasteiger partial charge in [-0.1, -0.05) is 36.4 Å². The van der Waals surface area contributed by atoms with Gasteiger partial charge in [0.2, 0.25) is 0 Å². The van der Waals surface area contributed by atoms with E-state index in [1.165, 1.54) is 6.08 Å². The molecule has 0 bridgehead atoms. The maximum absolute atomic E-state index is 12.7. The van der Waals surface area contributed by atoms with Crippen LogP contribution in [0.5, 0.6) is 0 Å². The van der Waals surface area contributed by atoms with Gasteiger partial charge in [0.05, 0.1) is 4.75 Å². The van der Waals surface area contributed by atoms with Gasteiger partial charge in [-0.05, 0) is 25.3 Å². The standard InChI is InChI=1S/C13H15F3O2S/c1-3-9-12(2,19(17,18)13(14,15)16)10-11-7-5-4-6-8-11/h3-8H,1,9-10H2,2H3. The molecule has 19 heavy (non-hydrogen) atoms. The molecular formula is C13H15F3O2S. The smallest absolute Gasteiger partial charge is 0.219 e. The Balaban J connectivity index is 3.22. The van der Waals surface area contributed by atoms with Crippen LogP contribution in [0.2, 0.25) is 0 Å². The highest BCUT2D eigenvalue weighted by Crippen LogP contribution is 2.38. The number of rotatable bonds is 5. The lowest BCUT2D eigenvalue weighted by Gasteiger charge is -2.29. The fourth-order valence-electron chi connectivity index (χ4n) is 1.89. The molecular weight excluding hydrogens is 277 g/mol. The Morgan fingerprint density at radius 3 is 2.16 bits per heavy atom. The first-order valence-electron chi connectivity index (χ1n) is 5.60. The predicted molar refractivity (Wildman–Crippen MR) is 68.3 cm³/mol. The number of hydrogen-bond donors (Lipinski definition) is 0. The van der Waals surface area contributed by atoms with E-state index in [2.05, 4.69) is 6.58 Å². The molecule has 0 heterocycles. The van der Waals surface area contributed by atoms with Crippen LogP contribution in [-0.2, 0) is 16.3 Å². The maximum Gasteiger partial charge on any atom is 0.497 e. The van der Waals surface area contributed by atoms with Crippen molar-refractivity contribution < 1.29 is 21.6 Å². The van der Waals surface area contributed by atoms with Gasteiger partial charge < -0.3 is 0 Å². The number of benzene rings is 1. The number of hydrogen-bond acceptors (Lipinski definition) is 2. The Bertz CT molecular complexity index is 535. The molecule has 0 aromatic heterocycles. The van der Waals surface area contributed by atoms with Gasteiger partial charge in [-0.15, -0.1) is 6.58 Å². The fraction of sp³-hybridized carbons (Fsp3) is 0.385. The van der Waals surface area contributed by atoms with Gasteiger partial charge in [-0.3, -0.25) is 0 Å². The van der Waals surface area contributed by atoms with E-state index in [4.69, 9.17) is 0 Å². The number of allylic oxidation sites excluding steroid dienone is 1. The summed E-state index contributed by atoms with van der Waals surface area (Å²) in [6.07, 6.45) is 0.734. The largest absolute Gasteiger partial charge is 0.497 e. The minimum atomic E-state index is -5.27. The Morgan fingerprint density at radius 1 is 1.21 bits per heavy atom. The summed E-state index contributed by atoms with van der Waals surface area (Å²) in [5.74, 6) is 0. The molecule has 6 heteroatoms. The predicted octanol–water partition coefficient (Wildman–Crippen LogP) is 3.50. The lowest BCUT2D eigenvalue weighted by atomic mass is 9.97. The second-order valence-corrected chi connectivity index (χ2v) is 7.01. The van der Waals surface area contributed by atoms with Crippen molar-refractivity contribution in [3.8, 4) is 0 Å². The summed E-state index contributed by atoms with van der Waals surface area (Å²) in [5, 5.41) is 0. The third-order valence-corrected chi connectivity index (χ3v) is 5.17. The van der Waals surface area contributed by atoms with Gasteiger partial charge in [0.25, 0.3) is 9.84 Å². The quantitative estimate of drug-likeness (QED) is 0.778. The zero-order valence-electron chi connectivity index (χ0n) is 10.4. The van der Waals surface area contributed by atoms with Gasteiger partial charge in [0.15, 0.2) is 0 Å². The summed E-state index contributed by atoms with van der Waals surface area (Å²) in [6.45, 7) is 4.45. The van der Waals surface area contributed by atoms with Crippen molar-refractivity contribution in [3.63, 3.8) is 0 Å². The highest BCUT2D eigenvalue weighted by Gasteiger charge is 2.56. The summed E-state index contributed by atoms with van der Waals surface area (Å²) in [4.78, 5) is 0. The number of halogens is 3. The van der Waals surface area contributed by atoms with Crippen molar-refractivity contribution in [2.45, 2.75) is 30.0 Å². The van der Waals surface area contributed by atoms with Crippen molar-refractivity contribution in [3.05, 3.63) is 48.6 Å². The van der Waals surface area contributed by atoms with E-state index in [9.17, 15) is 21.6 Å². The molecule has 1 aromatic carbocycles. The molecule has 2 nitrogen and oxygen atoms in total. The molecule has 1 aromatic rings. The maximum atomic E-state index is 12.7. The molecule has 106 valence electrons. The van der Waals surface area contributed by atoms with Crippen molar-refractivity contribution in [1.29, 1.82) is 0 Å². The Labute approximate surface area is 110 Å². The first-order chi connectivity index (χ1) is 8.64. The van der Waals surface area contributed by atoms with E-state index < -0.39 is 20.1 Å². The van der Waals surface area contributed by atoms with Crippen LogP contribution in [0.3, 0.4) is 0 Å². The van der Waals surface area contributed by atoms with Crippen LogP contribution in [0.4, 0.5) is 13.2 Å². The lowest BCUT2D eigenvalue weighted by molar-refractivity contribution is -0.0457. The minimum absolute atomic E-state index is 0.207. The molecule has 0 aliphatic heterocycles. The molecule has 0 amide bonds. The van der Waals surface area contributed by atoms with Gasteiger partial charge >= 0.3 is 5.51 Å². The Kier molecular flexibility index (Phi) is 4.45. The summed E-state index contributed by atoms with van der Waals surface area (Å²) in [6, 6.07) is 8.24. The molecule has 0 saturated carbocycles. The molecule has 0 fully saturated rings. The van der Waals surface area contributed by atoms with Crippen molar-refractivity contribution in [1.82, 2.24) is 0 Å². The van der Waals surface area contributed by atoms with E-state index in [0.29, 0.717) is 5.56 Å². The van der Waals surface area contributed by atoms with Crippen LogP contribution in [0.15, 0.2) is 43.0 Å². The third kappa shape index (κ3) is 3.18. The zero-order chi connectivity index (χ0) is 14.7. The van der Waals surface area contributed by atoms with E-state index in [-0.39, 0.29) is 12.8 Å². The van der Waals surface area contributed by atoms with Crippen molar-refractivity contribution >= 4 is 9.84 Å². The van der Waals surface area contributed by atoms with Crippen LogP contribution >= 0.6 is 0 Å².